The molecule has 5 nitrogen and oxygen atoms in total. The van der Waals surface area contributed by atoms with E-state index in [-0.39, 0.29) is 12.0 Å². The van der Waals surface area contributed by atoms with Crippen molar-refractivity contribution in [1.82, 2.24) is 0 Å². The number of nitrogens with one attached hydrogen (secondary N) is 1. The Balaban J connectivity index is 1.91. The average molecular weight is 277 g/mol. The Labute approximate surface area is 117 Å². The molecule has 108 valence electrons. The largest absolute Gasteiger partial charge is 0.481 e. The number of benzene rings is 1. The van der Waals surface area contributed by atoms with Crippen molar-refractivity contribution in [3.63, 3.8) is 0 Å². The summed E-state index contributed by atoms with van der Waals surface area (Å²) in [6, 6.07) is 7.25. The fraction of sp³-hybridized carbons (Fsp3) is 0.467. The van der Waals surface area contributed by atoms with Crippen LogP contribution >= 0.6 is 0 Å². The van der Waals surface area contributed by atoms with Crippen molar-refractivity contribution < 1.29 is 19.4 Å². The molecule has 1 aliphatic rings. The van der Waals surface area contributed by atoms with E-state index in [0.717, 1.165) is 18.4 Å². The zero-order valence-electron chi connectivity index (χ0n) is 11.5. The molecule has 0 aliphatic carbocycles. The number of carboxylic acids is 1. The summed E-state index contributed by atoms with van der Waals surface area (Å²) in [6.07, 6.45) is 1.82. The number of carboxylic acid groups (broad SMARTS) is 1. The predicted octanol–water partition coefficient (Wildman–Crippen LogP) is 2.07. The van der Waals surface area contributed by atoms with Crippen molar-refractivity contribution in [1.29, 1.82) is 0 Å². The SMILES string of the molecule is C[C@@H](Cc1ccc(NC(=O)[C@@H]2CCCO2)cc1)C(=O)O. The molecule has 0 unspecified atom stereocenters. The highest BCUT2D eigenvalue weighted by Gasteiger charge is 2.23. The summed E-state index contributed by atoms with van der Waals surface area (Å²) in [5.74, 6) is -1.34. The number of carbonyl (C=O) groups is 2. The van der Waals surface area contributed by atoms with E-state index in [1.54, 1.807) is 19.1 Å². The van der Waals surface area contributed by atoms with Gasteiger partial charge in [-0.2, -0.15) is 0 Å². The Kier molecular flexibility index (Phi) is 4.74. The van der Waals surface area contributed by atoms with Gasteiger partial charge in [0.05, 0.1) is 5.92 Å². The van der Waals surface area contributed by atoms with Gasteiger partial charge >= 0.3 is 5.97 Å². The molecule has 1 aliphatic heterocycles. The fourth-order valence-corrected chi connectivity index (χ4v) is 2.17. The van der Waals surface area contributed by atoms with Crippen LogP contribution in [0.2, 0.25) is 0 Å². The van der Waals surface area contributed by atoms with Gasteiger partial charge in [0, 0.05) is 12.3 Å². The van der Waals surface area contributed by atoms with Crippen molar-refractivity contribution in [2.45, 2.75) is 32.3 Å². The third-order valence-corrected chi connectivity index (χ3v) is 3.41. The normalized spacial score (nSPS) is 19.6. The summed E-state index contributed by atoms with van der Waals surface area (Å²) in [6.45, 7) is 2.32. The van der Waals surface area contributed by atoms with Gasteiger partial charge in [-0.3, -0.25) is 9.59 Å². The predicted molar refractivity (Wildman–Crippen MR) is 74.5 cm³/mol. The van der Waals surface area contributed by atoms with E-state index in [4.69, 9.17) is 9.84 Å². The molecule has 0 aromatic heterocycles. The quantitative estimate of drug-likeness (QED) is 0.864. The number of amides is 1. The topological polar surface area (TPSA) is 75.6 Å². The van der Waals surface area contributed by atoms with Crippen LogP contribution in [0, 0.1) is 5.92 Å². The van der Waals surface area contributed by atoms with Gasteiger partial charge in [0.1, 0.15) is 6.10 Å². The molecule has 2 N–H and O–H groups in total. The Morgan fingerprint density at radius 2 is 2.10 bits per heavy atom. The number of rotatable bonds is 5. The molecular weight excluding hydrogens is 258 g/mol. The molecule has 1 aromatic carbocycles. The van der Waals surface area contributed by atoms with E-state index in [1.807, 2.05) is 12.1 Å². The number of carbonyl (C=O) groups excluding carboxylic acids is 1. The number of hydrogen-bond donors (Lipinski definition) is 2. The fourth-order valence-electron chi connectivity index (χ4n) is 2.17. The lowest BCUT2D eigenvalue weighted by molar-refractivity contribution is -0.141. The zero-order chi connectivity index (χ0) is 14.5. The maximum atomic E-state index is 11.9. The van der Waals surface area contributed by atoms with E-state index >= 15 is 0 Å². The maximum Gasteiger partial charge on any atom is 0.306 e. The van der Waals surface area contributed by atoms with Crippen molar-refractivity contribution in [3.05, 3.63) is 29.8 Å². The second kappa shape index (κ2) is 6.52. The Hall–Kier alpha value is -1.88. The van der Waals surface area contributed by atoms with Gasteiger partial charge in [-0.1, -0.05) is 19.1 Å². The average Bonchev–Trinajstić information content (AvgIpc) is 2.95. The second-order valence-corrected chi connectivity index (χ2v) is 5.13. The van der Waals surface area contributed by atoms with E-state index in [2.05, 4.69) is 5.32 Å². The summed E-state index contributed by atoms with van der Waals surface area (Å²) in [4.78, 5) is 22.6. The summed E-state index contributed by atoms with van der Waals surface area (Å²) in [7, 11) is 0. The van der Waals surface area contributed by atoms with E-state index in [1.165, 1.54) is 0 Å². The maximum absolute atomic E-state index is 11.9. The highest BCUT2D eigenvalue weighted by molar-refractivity contribution is 5.94. The van der Waals surface area contributed by atoms with Crippen molar-refractivity contribution in [3.8, 4) is 0 Å². The first-order valence-corrected chi connectivity index (χ1v) is 6.80. The standard InChI is InChI=1S/C15H19NO4/c1-10(15(18)19)9-11-4-6-12(7-5-11)16-14(17)13-3-2-8-20-13/h4-7,10,13H,2-3,8-9H2,1H3,(H,16,17)(H,18,19)/t10-,13-/m0/s1. The molecular formula is C15H19NO4. The lowest BCUT2D eigenvalue weighted by Gasteiger charge is -2.11. The molecule has 5 heteroatoms. The van der Waals surface area contributed by atoms with Crippen LogP contribution in [0.4, 0.5) is 5.69 Å². The van der Waals surface area contributed by atoms with Crippen LogP contribution in [-0.4, -0.2) is 29.7 Å². The molecule has 0 bridgehead atoms. The van der Waals surface area contributed by atoms with Gasteiger partial charge in [-0.25, -0.2) is 0 Å². The van der Waals surface area contributed by atoms with E-state index < -0.39 is 11.9 Å². The molecule has 2 rings (SSSR count). The first-order chi connectivity index (χ1) is 9.56. The first kappa shape index (κ1) is 14.5. The molecule has 0 radical (unpaired) electrons. The third kappa shape index (κ3) is 3.81. The minimum Gasteiger partial charge on any atom is -0.481 e. The van der Waals surface area contributed by atoms with Crippen LogP contribution in [0.15, 0.2) is 24.3 Å². The summed E-state index contributed by atoms with van der Waals surface area (Å²) in [5, 5.41) is 11.7. The first-order valence-electron chi connectivity index (χ1n) is 6.80. The Bertz CT molecular complexity index is 477. The van der Waals surface area contributed by atoms with Crippen LogP contribution in [0.3, 0.4) is 0 Å². The van der Waals surface area contributed by atoms with E-state index in [9.17, 15) is 9.59 Å². The molecule has 2 atom stereocenters. The Morgan fingerprint density at radius 1 is 1.40 bits per heavy atom. The molecule has 0 spiro atoms. The number of anilines is 1. The van der Waals surface area contributed by atoms with Gasteiger partial charge in [0.2, 0.25) is 0 Å². The smallest absolute Gasteiger partial charge is 0.306 e. The van der Waals surface area contributed by atoms with Gasteiger partial charge in [0.15, 0.2) is 0 Å². The summed E-state index contributed by atoms with van der Waals surface area (Å²) >= 11 is 0. The molecule has 1 aromatic rings. The minimum atomic E-state index is -0.805. The zero-order valence-corrected chi connectivity index (χ0v) is 11.5. The monoisotopic (exact) mass is 277 g/mol. The summed E-state index contributed by atoms with van der Waals surface area (Å²) < 4.78 is 5.31. The molecule has 20 heavy (non-hydrogen) atoms. The van der Waals surface area contributed by atoms with Gasteiger partial charge in [0.25, 0.3) is 5.91 Å². The number of hydrogen-bond acceptors (Lipinski definition) is 3. The molecule has 1 saturated heterocycles. The number of ether oxygens (including phenoxy) is 1. The molecule has 0 saturated carbocycles. The van der Waals surface area contributed by atoms with Gasteiger partial charge in [-0.05, 0) is 37.0 Å². The van der Waals surface area contributed by atoms with Crippen LogP contribution in [0.25, 0.3) is 0 Å². The summed E-state index contributed by atoms with van der Waals surface area (Å²) in [5.41, 5.74) is 1.65. The molecule has 1 amide bonds. The van der Waals surface area contributed by atoms with Crippen LogP contribution in [0.5, 0.6) is 0 Å². The van der Waals surface area contributed by atoms with Gasteiger partial charge in [-0.15, -0.1) is 0 Å². The highest BCUT2D eigenvalue weighted by Crippen LogP contribution is 2.17. The lowest BCUT2D eigenvalue weighted by Crippen LogP contribution is -2.26. The van der Waals surface area contributed by atoms with Crippen LogP contribution < -0.4 is 5.32 Å². The number of aliphatic carboxylic acids is 1. The van der Waals surface area contributed by atoms with Crippen molar-refractivity contribution in [2.24, 2.45) is 5.92 Å². The minimum absolute atomic E-state index is 0.117. The van der Waals surface area contributed by atoms with Crippen molar-refractivity contribution >= 4 is 17.6 Å². The molecule has 1 fully saturated rings. The van der Waals surface area contributed by atoms with Crippen LogP contribution in [-0.2, 0) is 20.7 Å². The van der Waals surface area contributed by atoms with Gasteiger partial charge < -0.3 is 15.2 Å². The lowest BCUT2D eigenvalue weighted by atomic mass is 10.0. The second-order valence-electron chi connectivity index (χ2n) is 5.13. The van der Waals surface area contributed by atoms with E-state index in [0.29, 0.717) is 18.7 Å². The Morgan fingerprint density at radius 3 is 2.65 bits per heavy atom. The highest BCUT2D eigenvalue weighted by atomic mass is 16.5. The third-order valence-electron chi connectivity index (χ3n) is 3.41. The van der Waals surface area contributed by atoms with Crippen LogP contribution in [0.1, 0.15) is 25.3 Å². The van der Waals surface area contributed by atoms with Crippen molar-refractivity contribution in [2.75, 3.05) is 11.9 Å². The molecule has 1 heterocycles.